The lowest BCUT2D eigenvalue weighted by Crippen LogP contribution is -2.25. The van der Waals surface area contributed by atoms with Crippen LogP contribution in [0.2, 0.25) is 0 Å². The second-order valence-corrected chi connectivity index (χ2v) is 4.45. The van der Waals surface area contributed by atoms with Crippen molar-refractivity contribution in [2.75, 3.05) is 14.2 Å². The summed E-state index contributed by atoms with van der Waals surface area (Å²) < 4.78 is 10.2. The molecule has 108 valence electrons. The molecule has 0 heterocycles. The minimum absolute atomic E-state index is 0.156. The quantitative estimate of drug-likeness (QED) is 0.846. The number of hydrogen-bond donors (Lipinski definition) is 2. The van der Waals surface area contributed by atoms with Gasteiger partial charge >= 0.3 is 0 Å². The Labute approximate surface area is 123 Å². The molecule has 0 aromatic heterocycles. The lowest BCUT2D eigenvalue weighted by Gasteiger charge is -2.24. The fraction of sp³-hybridized carbons (Fsp3) is 0.176. The van der Waals surface area contributed by atoms with Crippen molar-refractivity contribution in [2.45, 2.75) is 5.60 Å². The molecule has 1 unspecified atom stereocenters. The summed E-state index contributed by atoms with van der Waals surface area (Å²) in [6.45, 7) is 0. The standard InChI is InChI=1S/C17H16O4/c1-4-17(19,12-8-6-5-7-9-12)13-10-14(18)16(21-3)15(11-13)20-2/h1,5-11,18-19H,2-3H3. The van der Waals surface area contributed by atoms with Crippen LogP contribution in [0.15, 0.2) is 42.5 Å². The van der Waals surface area contributed by atoms with Crippen molar-refractivity contribution in [3.05, 3.63) is 53.6 Å². The maximum atomic E-state index is 10.8. The lowest BCUT2D eigenvalue weighted by molar-refractivity contribution is 0.144. The van der Waals surface area contributed by atoms with Gasteiger partial charge in [0.15, 0.2) is 17.1 Å². The summed E-state index contributed by atoms with van der Waals surface area (Å²) in [5, 5.41) is 20.9. The molecule has 2 N–H and O–H groups in total. The molecular formula is C17H16O4. The molecule has 0 saturated heterocycles. The van der Waals surface area contributed by atoms with Gasteiger partial charge in [0.05, 0.1) is 14.2 Å². The number of terminal acetylenes is 1. The second-order valence-electron chi connectivity index (χ2n) is 4.45. The zero-order valence-electron chi connectivity index (χ0n) is 11.8. The van der Waals surface area contributed by atoms with Gasteiger partial charge in [-0.05, 0) is 12.1 Å². The number of ether oxygens (including phenoxy) is 2. The maximum Gasteiger partial charge on any atom is 0.203 e. The van der Waals surface area contributed by atoms with Crippen LogP contribution >= 0.6 is 0 Å². The van der Waals surface area contributed by atoms with E-state index in [2.05, 4.69) is 5.92 Å². The molecule has 0 radical (unpaired) electrons. The highest BCUT2D eigenvalue weighted by Crippen LogP contribution is 2.41. The van der Waals surface area contributed by atoms with Gasteiger partial charge in [0.2, 0.25) is 5.75 Å². The lowest BCUT2D eigenvalue weighted by atomic mass is 9.87. The first-order valence-electron chi connectivity index (χ1n) is 6.28. The fourth-order valence-electron chi connectivity index (χ4n) is 2.17. The van der Waals surface area contributed by atoms with E-state index in [0.717, 1.165) is 0 Å². The average Bonchev–Trinajstić information content (AvgIpc) is 2.54. The molecule has 2 rings (SSSR count). The Morgan fingerprint density at radius 3 is 2.24 bits per heavy atom. The van der Waals surface area contributed by atoms with Crippen LogP contribution in [-0.4, -0.2) is 24.4 Å². The Morgan fingerprint density at radius 1 is 1.05 bits per heavy atom. The van der Waals surface area contributed by atoms with Gasteiger partial charge in [-0.1, -0.05) is 36.3 Å². The molecular weight excluding hydrogens is 268 g/mol. The van der Waals surface area contributed by atoms with Gasteiger partial charge in [0.1, 0.15) is 0 Å². The number of methoxy groups -OCH3 is 2. The smallest absolute Gasteiger partial charge is 0.203 e. The van der Waals surface area contributed by atoms with Crippen molar-refractivity contribution in [2.24, 2.45) is 0 Å². The van der Waals surface area contributed by atoms with Crippen molar-refractivity contribution < 1.29 is 19.7 Å². The molecule has 0 aliphatic carbocycles. The molecule has 4 heteroatoms. The van der Waals surface area contributed by atoms with Gasteiger partial charge < -0.3 is 19.7 Å². The van der Waals surface area contributed by atoms with E-state index in [4.69, 9.17) is 15.9 Å². The Hall–Kier alpha value is -2.64. The van der Waals surface area contributed by atoms with E-state index < -0.39 is 5.60 Å². The van der Waals surface area contributed by atoms with Crippen LogP contribution in [0.5, 0.6) is 17.2 Å². The van der Waals surface area contributed by atoms with Crippen LogP contribution in [0.3, 0.4) is 0 Å². The molecule has 2 aromatic carbocycles. The molecule has 2 aromatic rings. The normalized spacial score (nSPS) is 13.0. The van der Waals surface area contributed by atoms with Crippen molar-refractivity contribution in [3.8, 4) is 29.6 Å². The van der Waals surface area contributed by atoms with Crippen molar-refractivity contribution in [1.29, 1.82) is 0 Å². The first kappa shape index (κ1) is 14.8. The Kier molecular flexibility index (Phi) is 4.06. The molecule has 1 atom stereocenters. The number of phenols is 1. The van der Waals surface area contributed by atoms with Crippen LogP contribution in [-0.2, 0) is 5.60 Å². The third-order valence-electron chi connectivity index (χ3n) is 3.28. The summed E-state index contributed by atoms with van der Waals surface area (Å²) in [5.41, 5.74) is -0.816. The number of rotatable bonds is 4. The van der Waals surface area contributed by atoms with Crippen LogP contribution in [0.4, 0.5) is 0 Å². The van der Waals surface area contributed by atoms with Crippen LogP contribution < -0.4 is 9.47 Å². The topological polar surface area (TPSA) is 58.9 Å². The third kappa shape index (κ3) is 2.51. The fourth-order valence-corrected chi connectivity index (χ4v) is 2.17. The molecule has 0 aliphatic heterocycles. The number of phenolic OH excluding ortho intramolecular Hbond substituents is 1. The summed E-state index contributed by atoms with van der Waals surface area (Å²) in [7, 11) is 2.86. The van der Waals surface area contributed by atoms with E-state index >= 15 is 0 Å². The van der Waals surface area contributed by atoms with E-state index in [1.165, 1.54) is 20.3 Å². The first-order valence-corrected chi connectivity index (χ1v) is 6.28. The minimum Gasteiger partial charge on any atom is -0.504 e. The monoisotopic (exact) mass is 284 g/mol. The summed E-state index contributed by atoms with van der Waals surface area (Å²) in [6.07, 6.45) is 5.53. The highest BCUT2D eigenvalue weighted by Gasteiger charge is 2.31. The second kappa shape index (κ2) is 5.78. The molecule has 4 nitrogen and oxygen atoms in total. The van der Waals surface area contributed by atoms with E-state index in [9.17, 15) is 10.2 Å². The van der Waals surface area contributed by atoms with E-state index in [0.29, 0.717) is 11.1 Å². The predicted octanol–water partition coefficient (Wildman–Crippen LogP) is 2.28. The Bertz CT molecular complexity index is 673. The Balaban J connectivity index is 2.64. The SMILES string of the molecule is C#CC(O)(c1ccccc1)c1cc(O)c(OC)c(OC)c1. The van der Waals surface area contributed by atoms with Crippen LogP contribution in [0.25, 0.3) is 0 Å². The summed E-state index contributed by atoms with van der Waals surface area (Å²) in [4.78, 5) is 0. The summed E-state index contributed by atoms with van der Waals surface area (Å²) >= 11 is 0. The average molecular weight is 284 g/mol. The Morgan fingerprint density at radius 2 is 1.71 bits per heavy atom. The third-order valence-corrected chi connectivity index (χ3v) is 3.28. The largest absolute Gasteiger partial charge is 0.504 e. The highest BCUT2D eigenvalue weighted by atomic mass is 16.5. The number of aliphatic hydroxyl groups is 1. The maximum absolute atomic E-state index is 10.8. The molecule has 0 fully saturated rings. The first-order chi connectivity index (χ1) is 10.1. The van der Waals surface area contributed by atoms with Crippen LogP contribution in [0.1, 0.15) is 11.1 Å². The molecule has 21 heavy (non-hydrogen) atoms. The van der Waals surface area contributed by atoms with Gasteiger partial charge in [0.25, 0.3) is 0 Å². The highest BCUT2D eigenvalue weighted by molar-refractivity contribution is 5.57. The van der Waals surface area contributed by atoms with Crippen molar-refractivity contribution in [1.82, 2.24) is 0 Å². The molecule has 0 bridgehead atoms. The zero-order chi connectivity index (χ0) is 15.5. The zero-order valence-corrected chi connectivity index (χ0v) is 11.8. The van der Waals surface area contributed by atoms with Crippen LogP contribution in [0, 0.1) is 12.3 Å². The van der Waals surface area contributed by atoms with E-state index in [1.807, 2.05) is 6.07 Å². The summed E-state index contributed by atoms with van der Waals surface area (Å²) in [5.74, 6) is 2.70. The van der Waals surface area contributed by atoms with Gasteiger partial charge in [-0.25, -0.2) is 0 Å². The van der Waals surface area contributed by atoms with E-state index in [-0.39, 0.29) is 17.2 Å². The van der Waals surface area contributed by atoms with Gasteiger partial charge in [0, 0.05) is 11.1 Å². The summed E-state index contributed by atoms with van der Waals surface area (Å²) in [6, 6.07) is 11.7. The molecule has 0 amide bonds. The number of hydrogen-bond acceptors (Lipinski definition) is 4. The number of aromatic hydroxyl groups is 1. The predicted molar refractivity (Wildman–Crippen MR) is 79.5 cm³/mol. The van der Waals surface area contributed by atoms with Gasteiger partial charge in [-0.15, -0.1) is 6.42 Å². The van der Waals surface area contributed by atoms with E-state index in [1.54, 1.807) is 30.3 Å². The molecule has 0 aliphatic rings. The van der Waals surface area contributed by atoms with Gasteiger partial charge in [-0.3, -0.25) is 0 Å². The van der Waals surface area contributed by atoms with Crippen molar-refractivity contribution in [3.63, 3.8) is 0 Å². The molecule has 0 spiro atoms. The van der Waals surface area contributed by atoms with Gasteiger partial charge in [-0.2, -0.15) is 0 Å². The minimum atomic E-state index is -1.67. The van der Waals surface area contributed by atoms with Crippen molar-refractivity contribution >= 4 is 0 Å². The number of benzene rings is 2. The molecule has 0 saturated carbocycles.